The van der Waals surface area contributed by atoms with E-state index in [4.69, 9.17) is 30.2 Å². The molecule has 0 fully saturated rings. The van der Waals surface area contributed by atoms with Crippen LogP contribution in [0.3, 0.4) is 0 Å². The van der Waals surface area contributed by atoms with E-state index in [1.54, 1.807) is 0 Å². The number of phosphoric acid groups is 1. The van der Waals surface area contributed by atoms with Gasteiger partial charge in [-0.25, -0.2) is 4.57 Å². The lowest BCUT2D eigenvalue weighted by atomic mass is 10.0. The fraction of sp³-hybridized carbons (Fsp3) is 0.833. The van der Waals surface area contributed by atoms with Crippen molar-refractivity contribution < 1.29 is 44.1 Å². The van der Waals surface area contributed by atoms with Gasteiger partial charge in [0.25, 0.3) is 0 Å². The highest BCUT2D eigenvalue weighted by Crippen LogP contribution is 2.35. The van der Waals surface area contributed by atoms with Crippen molar-refractivity contribution in [2.24, 2.45) is 0 Å². The maximum Gasteiger partial charge on any atom is 0.469 e. The van der Waals surface area contributed by atoms with E-state index in [2.05, 4.69) is 4.52 Å². The molecule has 4 atom stereocenters. The van der Waals surface area contributed by atoms with Crippen molar-refractivity contribution in [1.29, 1.82) is 0 Å². The zero-order chi connectivity index (χ0) is 12.9. The van der Waals surface area contributed by atoms with Crippen LogP contribution >= 0.6 is 7.82 Å². The first-order valence-electron chi connectivity index (χ1n) is 4.06. The highest BCUT2D eigenvalue weighted by Gasteiger charge is 2.31. The van der Waals surface area contributed by atoms with Gasteiger partial charge in [-0.1, -0.05) is 0 Å². The van der Waals surface area contributed by atoms with Gasteiger partial charge in [-0.3, -0.25) is 4.52 Å². The first kappa shape index (κ1) is 15.6. The van der Waals surface area contributed by atoms with Crippen LogP contribution in [0, 0.1) is 0 Å². The molecule has 0 aliphatic carbocycles. The molecule has 0 unspecified atom stereocenters. The van der Waals surface area contributed by atoms with Gasteiger partial charge in [0.1, 0.15) is 24.4 Å². The van der Waals surface area contributed by atoms with Gasteiger partial charge in [0.15, 0.2) is 6.29 Å². The molecule has 0 rings (SSSR count). The van der Waals surface area contributed by atoms with E-state index in [0.717, 1.165) is 0 Å². The van der Waals surface area contributed by atoms with E-state index >= 15 is 0 Å². The number of phosphoric ester groups is 1. The molecule has 10 heteroatoms. The molecular weight excluding hydrogens is 247 g/mol. The van der Waals surface area contributed by atoms with Crippen molar-refractivity contribution >= 4 is 14.1 Å². The number of aliphatic hydroxyl groups excluding tert-OH is 4. The summed E-state index contributed by atoms with van der Waals surface area (Å²) in [6.07, 6.45) is -7.80. The van der Waals surface area contributed by atoms with Crippen molar-refractivity contribution in [2.75, 3.05) is 6.61 Å². The van der Waals surface area contributed by atoms with Crippen LogP contribution in [0.2, 0.25) is 0 Å². The Morgan fingerprint density at radius 1 is 1.12 bits per heavy atom. The summed E-state index contributed by atoms with van der Waals surface area (Å²) in [5.74, 6) is 0. The molecule has 0 aromatic heterocycles. The van der Waals surface area contributed by atoms with Gasteiger partial charge in [-0.05, 0) is 0 Å². The number of aldehydes is 1. The Bertz CT molecular complexity index is 263. The van der Waals surface area contributed by atoms with Crippen LogP contribution in [0.5, 0.6) is 0 Å². The van der Waals surface area contributed by atoms with Crippen molar-refractivity contribution in [1.82, 2.24) is 0 Å². The molecule has 6 N–H and O–H groups in total. The quantitative estimate of drug-likeness (QED) is 0.203. The third kappa shape index (κ3) is 5.64. The lowest BCUT2D eigenvalue weighted by molar-refractivity contribution is -0.136. The van der Waals surface area contributed by atoms with E-state index in [9.17, 15) is 9.36 Å². The molecule has 0 radical (unpaired) electrons. The monoisotopic (exact) mass is 260 g/mol. The summed E-state index contributed by atoms with van der Waals surface area (Å²) in [6.45, 7) is -0.964. The Balaban J connectivity index is 4.22. The predicted molar refractivity (Wildman–Crippen MR) is 48.1 cm³/mol. The fourth-order valence-corrected chi connectivity index (χ4v) is 1.13. The van der Waals surface area contributed by atoms with Gasteiger partial charge < -0.3 is 35.0 Å². The first-order chi connectivity index (χ1) is 7.19. The zero-order valence-corrected chi connectivity index (χ0v) is 8.84. The average molecular weight is 260 g/mol. The third-order valence-corrected chi connectivity index (χ3v) is 2.13. The van der Waals surface area contributed by atoms with Crippen molar-refractivity contribution in [3.05, 3.63) is 0 Å². The lowest BCUT2D eigenvalue weighted by Gasteiger charge is -2.23. The molecule has 0 aromatic carbocycles. The van der Waals surface area contributed by atoms with E-state index in [1.807, 2.05) is 0 Å². The topological polar surface area (TPSA) is 165 Å². The lowest BCUT2D eigenvalue weighted by Crippen LogP contribution is -2.46. The maximum atomic E-state index is 10.2. The molecule has 0 amide bonds. The number of hydrogen-bond donors (Lipinski definition) is 6. The number of aliphatic hydroxyl groups is 4. The van der Waals surface area contributed by atoms with Gasteiger partial charge in [-0.2, -0.15) is 0 Å². The van der Waals surface area contributed by atoms with Crippen molar-refractivity contribution in [3.63, 3.8) is 0 Å². The SMILES string of the molecule is O=C[C@@H](O)[C@H](O)[C@H](O)[C@H](O)COP(=O)(O)O. The largest absolute Gasteiger partial charge is 0.469 e. The Labute approximate surface area is 90.2 Å². The molecule has 0 aromatic rings. The summed E-state index contributed by atoms with van der Waals surface area (Å²) >= 11 is 0. The molecule has 0 saturated carbocycles. The number of rotatable bonds is 7. The summed E-state index contributed by atoms with van der Waals surface area (Å²) < 4.78 is 14.1. The fourth-order valence-electron chi connectivity index (χ4n) is 0.782. The van der Waals surface area contributed by atoms with Gasteiger partial charge in [0.05, 0.1) is 6.61 Å². The highest BCUT2D eigenvalue weighted by atomic mass is 31.2. The normalized spacial score (nSPS) is 19.9. The smallest absolute Gasteiger partial charge is 0.388 e. The Morgan fingerprint density at radius 3 is 2.00 bits per heavy atom. The maximum absolute atomic E-state index is 10.2. The van der Waals surface area contributed by atoms with Gasteiger partial charge in [-0.15, -0.1) is 0 Å². The summed E-state index contributed by atoms with van der Waals surface area (Å²) in [4.78, 5) is 26.6. The van der Waals surface area contributed by atoms with Gasteiger partial charge in [0.2, 0.25) is 0 Å². The molecule has 0 bridgehead atoms. The molecule has 16 heavy (non-hydrogen) atoms. The van der Waals surface area contributed by atoms with Crippen LogP contribution in [-0.4, -0.2) is 67.5 Å². The highest BCUT2D eigenvalue weighted by molar-refractivity contribution is 7.46. The molecular formula is C6H13O9P. The van der Waals surface area contributed by atoms with Crippen LogP contribution < -0.4 is 0 Å². The van der Waals surface area contributed by atoms with E-state index in [-0.39, 0.29) is 6.29 Å². The van der Waals surface area contributed by atoms with Gasteiger partial charge >= 0.3 is 7.82 Å². The third-order valence-electron chi connectivity index (χ3n) is 1.65. The first-order valence-corrected chi connectivity index (χ1v) is 5.59. The van der Waals surface area contributed by atoms with E-state index in [1.165, 1.54) is 0 Å². The summed E-state index contributed by atoms with van der Waals surface area (Å²) in [5.41, 5.74) is 0. The molecule has 0 aliphatic rings. The molecule has 96 valence electrons. The zero-order valence-electron chi connectivity index (χ0n) is 7.95. The standard InChI is InChI=1S/C6H13O9P/c7-1-3(8)5(10)6(11)4(9)2-15-16(12,13)14/h1,3-6,8-11H,2H2,(H2,12,13,14)/t3-,4-,5+,6-/m1/s1. The Morgan fingerprint density at radius 2 is 1.62 bits per heavy atom. The molecule has 0 aliphatic heterocycles. The second kappa shape index (κ2) is 6.38. The summed E-state index contributed by atoms with van der Waals surface area (Å²) in [7, 11) is -4.80. The van der Waals surface area contributed by atoms with Crippen LogP contribution in [0.1, 0.15) is 0 Å². The number of hydrogen-bond acceptors (Lipinski definition) is 7. The van der Waals surface area contributed by atoms with Crippen LogP contribution in [-0.2, 0) is 13.9 Å². The molecule has 0 saturated heterocycles. The van der Waals surface area contributed by atoms with Crippen molar-refractivity contribution in [3.8, 4) is 0 Å². The van der Waals surface area contributed by atoms with Crippen LogP contribution in [0.15, 0.2) is 0 Å². The summed E-state index contributed by atoms with van der Waals surface area (Å²) in [6, 6.07) is 0. The van der Waals surface area contributed by atoms with E-state index < -0.39 is 38.8 Å². The minimum Gasteiger partial charge on any atom is -0.388 e. The molecule has 9 nitrogen and oxygen atoms in total. The molecule has 0 spiro atoms. The number of carbonyl (C=O) groups is 1. The van der Waals surface area contributed by atoms with E-state index in [0.29, 0.717) is 0 Å². The van der Waals surface area contributed by atoms with Crippen LogP contribution in [0.25, 0.3) is 0 Å². The Hall–Kier alpha value is -0.380. The predicted octanol–water partition coefficient (Wildman–Crippen LogP) is -3.26. The minimum atomic E-state index is -4.80. The number of carbonyl (C=O) groups excluding carboxylic acids is 1. The second-order valence-electron chi connectivity index (χ2n) is 2.96. The van der Waals surface area contributed by atoms with Crippen molar-refractivity contribution in [2.45, 2.75) is 24.4 Å². The molecule has 0 heterocycles. The second-order valence-corrected chi connectivity index (χ2v) is 4.20. The van der Waals surface area contributed by atoms with Gasteiger partial charge in [0, 0.05) is 0 Å². The Kier molecular flexibility index (Phi) is 6.23. The average Bonchev–Trinajstić information content (AvgIpc) is 2.21. The summed E-state index contributed by atoms with van der Waals surface area (Å²) in [5, 5.41) is 36.1. The van der Waals surface area contributed by atoms with Crippen LogP contribution in [0.4, 0.5) is 0 Å². The minimum absolute atomic E-state index is 0.0650.